The minimum absolute atomic E-state index is 0.00557. The Hall–Kier alpha value is -1.54. The van der Waals surface area contributed by atoms with E-state index in [1.807, 2.05) is 18.5 Å². The molecule has 0 unspecified atom stereocenters. The van der Waals surface area contributed by atoms with E-state index in [1.54, 1.807) is 21.2 Å². The Bertz CT molecular complexity index is 776. The summed E-state index contributed by atoms with van der Waals surface area (Å²) in [6.07, 6.45) is 7.15. The first-order chi connectivity index (χ1) is 11.1. The fraction of sp³-hybridized carbons (Fsp3) is 0.533. The molecule has 0 bridgehead atoms. The number of hydrazine groups is 1. The van der Waals surface area contributed by atoms with E-state index in [-0.39, 0.29) is 16.7 Å². The van der Waals surface area contributed by atoms with E-state index in [4.69, 9.17) is 0 Å². The van der Waals surface area contributed by atoms with Gasteiger partial charge in [-0.25, -0.2) is 9.99 Å². The number of thiazole rings is 1. The number of imidazole rings is 1. The predicted octanol–water partition coefficient (Wildman–Crippen LogP) is 2.58. The Balaban J connectivity index is 1.63. The van der Waals surface area contributed by atoms with Gasteiger partial charge in [-0.3, -0.25) is 19.4 Å². The lowest BCUT2D eigenvalue weighted by Crippen LogP contribution is -2.55. The molecule has 0 aromatic carbocycles. The van der Waals surface area contributed by atoms with Crippen LogP contribution in [0.4, 0.5) is 0 Å². The molecule has 1 spiro atoms. The molecule has 122 valence electrons. The minimum Gasteiger partial charge on any atom is -0.286 e. The maximum atomic E-state index is 12.8. The number of rotatable bonds is 2. The van der Waals surface area contributed by atoms with Gasteiger partial charge in [0, 0.05) is 11.6 Å². The molecule has 1 aliphatic carbocycles. The van der Waals surface area contributed by atoms with Crippen molar-refractivity contribution in [1.82, 2.24) is 19.8 Å². The lowest BCUT2D eigenvalue weighted by Gasteiger charge is -2.39. The van der Waals surface area contributed by atoms with Crippen LogP contribution < -0.4 is 5.43 Å². The summed E-state index contributed by atoms with van der Waals surface area (Å²) in [4.78, 5) is 30.1. The average Bonchev–Trinajstić information content (AvgIpc) is 3.17. The molecule has 0 radical (unpaired) electrons. The van der Waals surface area contributed by atoms with Crippen LogP contribution in [0.25, 0.3) is 4.96 Å². The number of nitrogens with one attached hydrogen (secondary N) is 1. The average molecular weight is 350 g/mol. The first kappa shape index (κ1) is 15.0. The summed E-state index contributed by atoms with van der Waals surface area (Å²) in [5.41, 5.74) is 4.08. The molecule has 0 atom stereocenters. The molecule has 2 fully saturated rings. The highest BCUT2D eigenvalue weighted by atomic mass is 32.2. The Kier molecular flexibility index (Phi) is 3.60. The topological polar surface area (TPSA) is 66.7 Å². The zero-order valence-electron chi connectivity index (χ0n) is 12.9. The maximum absolute atomic E-state index is 12.8. The van der Waals surface area contributed by atoms with E-state index < -0.39 is 0 Å². The Morgan fingerprint density at radius 3 is 2.91 bits per heavy atom. The molecule has 2 aromatic heterocycles. The molecule has 1 N–H and O–H groups in total. The summed E-state index contributed by atoms with van der Waals surface area (Å²) < 4.78 is 1.79. The van der Waals surface area contributed by atoms with Crippen molar-refractivity contribution in [2.45, 2.75) is 43.9 Å². The van der Waals surface area contributed by atoms with Gasteiger partial charge in [0.2, 0.25) is 0 Å². The lowest BCUT2D eigenvalue weighted by molar-refractivity contribution is -0.133. The number of carbonyl (C=O) groups excluding carboxylic acids is 2. The molecule has 8 heteroatoms. The lowest BCUT2D eigenvalue weighted by atomic mass is 9.94. The van der Waals surface area contributed by atoms with Crippen LogP contribution in [0.3, 0.4) is 0 Å². The molecule has 2 amide bonds. The Labute approximate surface area is 142 Å². The fourth-order valence-electron chi connectivity index (χ4n) is 3.51. The summed E-state index contributed by atoms with van der Waals surface area (Å²) in [6.45, 7) is 1.82. The van der Waals surface area contributed by atoms with Gasteiger partial charge in [-0.1, -0.05) is 19.3 Å². The second-order valence-electron chi connectivity index (χ2n) is 6.07. The summed E-state index contributed by atoms with van der Waals surface area (Å²) in [5.74, 6) is 0.183. The molecular formula is C15H18N4O2S2. The summed E-state index contributed by atoms with van der Waals surface area (Å²) in [6, 6.07) is 0. The highest BCUT2D eigenvalue weighted by Gasteiger charge is 2.48. The van der Waals surface area contributed by atoms with Gasteiger partial charge in [-0.15, -0.1) is 23.1 Å². The van der Waals surface area contributed by atoms with Crippen molar-refractivity contribution >= 4 is 39.9 Å². The summed E-state index contributed by atoms with van der Waals surface area (Å²) in [5, 5.41) is 3.50. The van der Waals surface area contributed by atoms with E-state index in [9.17, 15) is 9.59 Å². The molecular weight excluding hydrogens is 332 g/mol. The standard InChI is InChI=1S/C15H18N4O2S2/c1-10-12(18-7-8-22-14(18)16-10)13(21)17-19-11(20)9-23-15(19)5-3-2-4-6-15/h7-8H,2-6,9H2,1H3,(H,17,21). The van der Waals surface area contributed by atoms with Gasteiger partial charge in [-0.2, -0.15) is 0 Å². The third-order valence-electron chi connectivity index (χ3n) is 4.62. The van der Waals surface area contributed by atoms with Crippen molar-refractivity contribution in [2.75, 3.05) is 5.75 Å². The third-order valence-corrected chi connectivity index (χ3v) is 6.90. The van der Waals surface area contributed by atoms with Crippen LogP contribution in [-0.4, -0.2) is 36.8 Å². The van der Waals surface area contributed by atoms with E-state index in [1.165, 1.54) is 17.8 Å². The van der Waals surface area contributed by atoms with Gasteiger partial charge in [0.1, 0.15) is 10.6 Å². The zero-order valence-corrected chi connectivity index (χ0v) is 14.5. The van der Waals surface area contributed by atoms with Gasteiger partial charge < -0.3 is 0 Å². The number of hydrogen-bond acceptors (Lipinski definition) is 5. The van der Waals surface area contributed by atoms with Gasteiger partial charge >= 0.3 is 0 Å². The van der Waals surface area contributed by atoms with Crippen molar-refractivity contribution in [3.63, 3.8) is 0 Å². The predicted molar refractivity (Wildman–Crippen MR) is 90.4 cm³/mol. The second kappa shape index (κ2) is 5.52. The minimum atomic E-state index is -0.255. The van der Waals surface area contributed by atoms with E-state index in [0.717, 1.165) is 30.6 Å². The molecule has 6 nitrogen and oxygen atoms in total. The van der Waals surface area contributed by atoms with E-state index >= 15 is 0 Å². The van der Waals surface area contributed by atoms with Gasteiger partial charge in [0.15, 0.2) is 4.96 Å². The van der Waals surface area contributed by atoms with Crippen LogP contribution in [0, 0.1) is 6.92 Å². The van der Waals surface area contributed by atoms with Crippen LogP contribution in [0.1, 0.15) is 48.3 Å². The maximum Gasteiger partial charge on any atom is 0.288 e. The molecule has 1 aliphatic heterocycles. The van der Waals surface area contributed by atoms with Gasteiger partial charge in [0.05, 0.1) is 11.4 Å². The Morgan fingerprint density at radius 2 is 2.13 bits per heavy atom. The van der Waals surface area contributed by atoms with Gasteiger partial charge in [0.25, 0.3) is 11.8 Å². The van der Waals surface area contributed by atoms with Crippen molar-refractivity contribution in [3.05, 3.63) is 23.0 Å². The van der Waals surface area contributed by atoms with E-state index in [2.05, 4.69) is 10.4 Å². The van der Waals surface area contributed by atoms with E-state index in [0.29, 0.717) is 17.1 Å². The van der Waals surface area contributed by atoms with Crippen LogP contribution in [0.5, 0.6) is 0 Å². The number of aryl methyl sites for hydroxylation is 1. The number of carbonyl (C=O) groups is 2. The van der Waals surface area contributed by atoms with Crippen molar-refractivity contribution < 1.29 is 9.59 Å². The first-order valence-electron chi connectivity index (χ1n) is 7.81. The molecule has 23 heavy (non-hydrogen) atoms. The van der Waals surface area contributed by atoms with Crippen LogP contribution in [0.2, 0.25) is 0 Å². The summed E-state index contributed by atoms with van der Waals surface area (Å²) in [7, 11) is 0. The highest BCUT2D eigenvalue weighted by molar-refractivity contribution is 8.01. The molecule has 1 saturated carbocycles. The van der Waals surface area contributed by atoms with Crippen molar-refractivity contribution in [3.8, 4) is 0 Å². The van der Waals surface area contributed by atoms with Crippen molar-refractivity contribution in [2.24, 2.45) is 0 Å². The molecule has 3 heterocycles. The monoisotopic (exact) mass is 350 g/mol. The second-order valence-corrected chi connectivity index (χ2v) is 8.28. The number of fused-ring (bicyclic) bond motifs is 1. The number of amides is 2. The zero-order chi connectivity index (χ0) is 16.0. The number of hydrogen-bond donors (Lipinski definition) is 1. The molecule has 2 aromatic rings. The molecule has 4 rings (SSSR count). The molecule has 1 saturated heterocycles. The fourth-order valence-corrected chi connectivity index (χ4v) is 5.65. The van der Waals surface area contributed by atoms with Crippen LogP contribution >= 0.6 is 23.1 Å². The van der Waals surface area contributed by atoms with Crippen molar-refractivity contribution in [1.29, 1.82) is 0 Å². The Morgan fingerprint density at radius 1 is 1.35 bits per heavy atom. The quantitative estimate of drug-likeness (QED) is 0.904. The SMILES string of the molecule is Cc1nc2sccn2c1C(=O)NN1C(=O)CSC12CCCCC2. The number of aromatic nitrogens is 2. The normalized spacial score (nSPS) is 20.6. The van der Waals surface area contributed by atoms with Gasteiger partial charge in [-0.05, 0) is 19.8 Å². The molecule has 2 aliphatic rings. The smallest absolute Gasteiger partial charge is 0.286 e. The number of nitrogens with zero attached hydrogens (tertiary/aromatic N) is 3. The van der Waals surface area contributed by atoms with Crippen LogP contribution in [0.15, 0.2) is 11.6 Å². The van der Waals surface area contributed by atoms with Crippen LogP contribution in [-0.2, 0) is 4.79 Å². The first-order valence-corrected chi connectivity index (χ1v) is 9.67. The third kappa shape index (κ3) is 2.35. The highest BCUT2D eigenvalue weighted by Crippen LogP contribution is 2.46. The largest absolute Gasteiger partial charge is 0.288 e. The number of thioether (sulfide) groups is 1. The summed E-state index contributed by atoms with van der Waals surface area (Å²) >= 11 is 3.16.